The molecule has 0 N–H and O–H groups in total. The summed E-state index contributed by atoms with van der Waals surface area (Å²) in [6.07, 6.45) is 2.12. The molecule has 0 heterocycles. The van der Waals surface area contributed by atoms with E-state index in [1.807, 2.05) is 30.3 Å². The normalized spacial score (nSPS) is 11.7. The summed E-state index contributed by atoms with van der Waals surface area (Å²) in [7, 11) is 1.75. The predicted molar refractivity (Wildman–Crippen MR) is 96.2 cm³/mol. The van der Waals surface area contributed by atoms with Crippen LogP contribution >= 0.6 is 0 Å². The van der Waals surface area contributed by atoms with Gasteiger partial charge >= 0.3 is 0 Å². The largest absolute Gasteiger partial charge is 0.373 e. The molecule has 0 amide bonds. The van der Waals surface area contributed by atoms with E-state index in [1.165, 1.54) is 16.7 Å². The third-order valence-corrected chi connectivity index (χ3v) is 3.87. The lowest BCUT2D eigenvalue weighted by atomic mass is 9.95. The van der Waals surface area contributed by atoms with Crippen molar-refractivity contribution in [1.29, 1.82) is 0 Å². The molecule has 0 radical (unpaired) electrons. The molecular formula is C22H20O. The lowest BCUT2D eigenvalue weighted by molar-refractivity contribution is 0.143. The quantitative estimate of drug-likeness (QED) is 0.604. The van der Waals surface area contributed by atoms with Crippen molar-refractivity contribution in [2.45, 2.75) is 6.10 Å². The van der Waals surface area contributed by atoms with E-state index in [-0.39, 0.29) is 6.10 Å². The van der Waals surface area contributed by atoms with Crippen LogP contribution in [0.1, 0.15) is 22.8 Å². The van der Waals surface area contributed by atoms with Crippen LogP contribution in [0, 0.1) is 0 Å². The zero-order valence-corrected chi connectivity index (χ0v) is 13.2. The van der Waals surface area contributed by atoms with Crippen LogP contribution in [0.25, 0.3) is 5.57 Å². The van der Waals surface area contributed by atoms with E-state index >= 15 is 0 Å². The topological polar surface area (TPSA) is 9.23 Å². The Morgan fingerprint density at radius 3 is 1.57 bits per heavy atom. The fraction of sp³-hybridized carbons (Fsp3) is 0.0909. The van der Waals surface area contributed by atoms with Crippen molar-refractivity contribution in [1.82, 2.24) is 0 Å². The number of hydrogen-bond donors (Lipinski definition) is 0. The molecule has 1 atom stereocenters. The standard InChI is InChI=1S/C22H20O/c1-23-22(20-15-9-4-10-16-20)17-21(18-11-5-2-6-12-18)19-13-7-3-8-14-19/h2-17,22H,1H3. The van der Waals surface area contributed by atoms with E-state index < -0.39 is 0 Å². The summed E-state index contributed by atoms with van der Waals surface area (Å²) < 4.78 is 5.73. The van der Waals surface area contributed by atoms with E-state index in [9.17, 15) is 0 Å². The van der Waals surface area contributed by atoms with Gasteiger partial charge < -0.3 is 4.74 Å². The Bertz CT molecular complexity index is 704. The van der Waals surface area contributed by atoms with Gasteiger partial charge in [0.15, 0.2) is 0 Å². The van der Waals surface area contributed by atoms with Gasteiger partial charge in [-0.1, -0.05) is 91.0 Å². The predicted octanol–water partition coefficient (Wildman–Crippen LogP) is 5.51. The number of ether oxygens (including phenoxy) is 1. The zero-order chi connectivity index (χ0) is 15.9. The number of methoxy groups -OCH3 is 1. The van der Waals surface area contributed by atoms with Gasteiger partial charge in [-0.3, -0.25) is 0 Å². The molecule has 1 unspecified atom stereocenters. The molecular weight excluding hydrogens is 280 g/mol. The summed E-state index contributed by atoms with van der Waals surface area (Å²) in [6, 6.07) is 31.2. The minimum atomic E-state index is -0.0772. The first kappa shape index (κ1) is 15.3. The molecule has 0 saturated carbocycles. The molecule has 0 bridgehead atoms. The van der Waals surface area contributed by atoms with Crippen LogP contribution in [0.4, 0.5) is 0 Å². The van der Waals surface area contributed by atoms with Crippen molar-refractivity contribution in [2.24, 2.45) is 0 Å². The van der Waals surface area contributed by atoms with Gasteiger partial charge in [0.25, 0.3) is 0 Å². The molecule has 0 aliphatic carbocycles. The molecule has 0 aromatic heterocycles. The van der Waals surface area contributed by atoms with Crippen molar-refractivity contribution in [2.75, 3.05) is 7.11 Å². The lowest BCUT2D eigenvalue weighted by Gasteiger charge is -2.16. The average molecular weight is 300 g/mol. The van der Waals surface area contributed by atoms with Crippen LogP contribution in [0.15, 0.2) is 97.1 Å². The molecule has 3 aromatic rings. The van der Waals surface area contributed by atoms with Gasteiger partial charge in [0.2, 0.25) is 0 Å². The van der Waals surface area contributed by atoms with Crippen molar-refractivity contribution in [3.63, 3.8) is 0 Å². The minimum absolute atomic E-state index is 0.0772. The highest BCUT2D eigenvalue weighted by atomic mass is 16.5. The maximum Gasteiger partial charge on any atom is 0.101 e. The van der Waals surface area contributed by atoms with Gasteiger partial charge in [0.1, 0.15) is 6.10 Å². The molecule has 1 nitrogen and oxygen atoms in total. The van der Waals surface area contributed by atoms with Gasteiger partial charge in [-0.2, -0.15) is 0 Å². The highest BCUT2D eigenvalue weighted by molar-refractivity contribution is 5.80. The molecule has 0 saturated heterocycles. The zero-order valence-electron chi connectivity index (χ0n) is 13.2. The number of benzene rings is 3. The average Bonchev–Trinajstić information content (AvgIpc) is 2.65. The van der Waals surface area contributed by atoms with Gasteiger partial charge in [-0.25, -0.2) is 0 Å². The van der Waals surface area contributed by atoms with Crippen molar-refractivity contribution in [3.05, 3.63) is 114 Å². The Kier molecular flexibility index (Phi) is 5.02. The summed E-state index contributed by atoms with van der Waals surface area (Å²) in [5.41, 5.74) is 4.72. The maximum absolute atomic E-state index is 5.73. The summed E-state index contributed by atoms with van der Waals surface area (Å²) >= 11 is 0. The fourth-order valence-corrected chi connectivity index (χ4v) is 2.69. The van der Waals surface area contributed by atoms with E-state index in [0.29, 0.717) is 0 Å². The Morgan fingerprint density at radius 1 is 0.696 bits per heavy atom. The van der Waals surface area contributed by atoms with Gasteiger partial charge in [-0.15, -0.1) is 0 Å². The number of rotatable bonds is 5. The summed E-state index contributed by atoms with van der Waals surface area (Å²) in [6.45, 7) is 0. The summed E-state index contributed by atoms with van der Waals surface area (Å²) in [5, 5.41) is 0. The highest BCUT2D eigenvalue weighted by Gasteiger charge is 2.11. The third-order valence-electron chi connectivity index (χ3n) is 3.87. The molecule has 0 aliphatic heterocycles. The van der Waals surface area contributed by atoms with Crippen LogP contribution in [-0.2, 0) is 4.74 Å². The first-order valence-corrected chi connectivity index (χ1v) is 7.79. The van der Waals surface area contributed by atoms with Crippen LogP contribution in [-0.4, -0.2) is 7.11 Å². The molecule has 23 heavy (non-hydrogen) atoms. The summed E-state index contributed by atoms with van der Waals surface area (Å²) in [5.74, 6) is 0. The second kappa shape index (κ2) is 7.57. The molecule has 3 rings (SSSR count). The second-order valence-electron chi connectivity index (χ2n) is 5.38. The van der Waals surface area contributed by atoms with E-state index in [1.54, 1.807) is 7.11 Å². The molecule has 0 aliphatic rings. The van der Waals surface area contributed by atoms with E-state index in [0.717, 1.165) is 5.56 Å². The maximum atomic E-state index is 5.73. The molecule has 0 spiro atoms. The van der Waals surface area contributed by atoms with Crippen LogP contribution in [0.5, 0.6) is 0 Å². The van der Waals surface area contributed by atoms with Crippen LogP contribution in [0.3, 0.4) is 0 Å². The second-order valence-corrected chi connectivity index (χ2v) is 5.38. The lowest BCUT2D eigenvalue weighted by Crippen LogP contribution is -2.00. The minimum Gasteiger partial charge on any atom is -0.373 e. The molecule has 1 heteroatoms. The Balaban J connectivity index is 2.07. The highest BCUT2D eigenvalue weighted by Crippen LogP contribution is 2.28. The van der Waals surface area contributed by atoms with Crippen molar-refractivity contribution in [3.8, 4) is 0 Å². The van der Waals surface area contributed by atoms with Crippen molar-refractivity contribution < 1.29 is 4.74 Å². The monoisotopic (exact) mass is 300 g/mol. The van der Waals surface area contributed by atoms with Crippen molar-refractivity contribution >= 4 is 5.57 Å². The van der Waals surface area contributed by atoms with Gasteiger partial charge in [0.05, 0.1) is 0 Å². The van der Waals surface area contributed by atoms with Gasteiger partial charge in [0, 0.05) is 7.11 Å². The first-order valence-electron chi connectivity index (χ1n) is 7.79. The first-order chi connectivity index (χ1) is 11.4. The van der Waals surface area contributed by atoms with Crippen LogP contribution in [0.2, 0.25) is 0 Å². The molecule has 0 fully saturated rings. The smallest absolute Gasteiger partial charge is 0.101 e. The third kappa shape index (κ3) is 3.77. The summed E-state index contributed by atoms with van der Waals surface area (Å²) in [4.78, 5) is 0. The number of hydrogen-bond acceptors (Lipinski definition) is 1. The molecule has 114 valence electrons. The van der Waals surface area contributed by atoms with E-state index in [4.69, 9.17) is 4.74 Å². The Hall–Kier alpha value is -2.64. The molecule has 3 aromatic carbocycles. The fourth-order valence-electron chi connectivity index (χ4n) is 2.69. The van der Waals surface area contributed by atoms with Gasteiger partial charge in [-0.05, 0) is 28.3 Å². The Labute approximate surface area is 137 Å². The van der Waals surface area contributed by atoms with Crippen LogP contribution < -0.4 is 0 Å². The Morgan fingerprint density at radius 2 is 1.13 bits per heavy atom. The van der Waals surface area contributed by atoms with E-state index in [2.05, 4.69) is 66.7 Å². The SMILES string of the molecule is COC(C=C(c1ccccc1)c1ccccc1)c1ccccc1.